The summed E-state index contributed by atoms with van der Waals surface area (Å²) in [7, 11) is 0. The molecule has 0 N–H and O–H groups in total. The lowest BCUT2D eigenvalue weighted by molar-refractivity contribution is -0.226. The third-order valence-electron chi connectivity index (χ3n) is 13.6. The summed E-state index contributed by atoms with van der Waals surface area (Å²) < 4.78 is 6.17. The monoisotopic (exact) mass is 486 g/mol. The number of rotatable bonds is 6. The molecule has 0 aromatic rings. The van der Waals surface area contributed by atoms with Gasteiger partial charge in [0.15, 0.2) is 0 Å². The molecule has 0 aliphatic heterocycles. The van der Waals surface area contributed by atoms with Crippen molar-refractivity contribution < 1.29 is 9.53 Å². The fourth-order valence-electron chi connectivity index (χ4n) is 10.9. The highest BCUT2D eigenvalue weighted by Gasteiger charge is 2.68. The van der Waals surface area contributed by atoms with Crippen LogP contribution in [0, 0.1) is 63.1 Å². The molecule has 0 aromatic heterocycles. The smallest absolute Gasteiger partial charge is 0.302 e. The molecule has 10 atom stereocenters. The number of esters is 1. The lowest BCUT2D eigenvalue weighted by atomic mass is 9.37. The van der Waals surface area contributed by atoms with Gasteiger partial charge in [-0.05, 0) is 109 Å². The van der Waals surface area contributed by atoms with Gasteiger partial charge in [-0.15, -0.1) is 0 Å². The van der Waals surface area contributed by atoms with E-state index in [1.807, 2.05) is 0 Å². The Kier molecular flexibility index (Phi) is 7.34. The molecule has 0 aromatic carbocycles. The van der Waals surface area contributed by atoms with Crippen LogP contribution in [0.3, 0.4) is 0 Å². The molecule has 4 fully saturated rings. The van der Waals surface area contributed by atoms with Gasteiger partial charge in [0.25, 0.3) is 0 Å². The predicted molar refractivity (Wildman–Crippen MR) is 147 cm³/mol. The topological polar surface area (TPSA) is 26.3 Å². The van der Waals surface area contributed by atoms with Gasteiger partial charge in [0.1, 0.15) is 6.10 Å². The first-order chi connectivity index (χ1) is 16.2. The molecule has 0 saturated heterocycles. The van der Waals surface area contributed by atoms with Crippen LogP contribution in [0.15, 0.2) is 0 Å². The van der Waals surface area contributed by atoms with Crippen LogP contribution >= 0.6 is 0 Å². The van der Waals surface area contributed by atoms with Crippen LogP contribution in [0.5, 0.6) is 0 Å². The SMILES string of the molecule is CC(=O)OC1CCC(C)(C)[C@@H]2CC[C@@H]3[C@H](CC[C@]4(C)[C@@H]([C@H](C)CCC(C)C(C)C)CC[C@@]34C)[C@@]12C. The van der Waals surface area contributed by atoms with Crippen LogP contribution in [0.4, 0.5) is 0 Å². The second kappa shape index (κ2) is 9.34. The molecule has 4 saturated carbocycles. The van der Waals surface area contributed by atoms with Crippen LogP contribution in [-0.2, 0) is 9.53 Å². The third kappa shape index (κ3) is 4.24. The Morgan fingerprint density at radius 3 is 2.09 bits per heavy atom. The molecule has 0 amide bonds. The van der Waals surface area contributed by atoms with E-state index in [1.54, 1.807) is 6.92 Å². The van der Waals surface area contributed by atoms with E-state index in [4.69, 9.17) is 4.74 Å². The molecule has 4 rings (SSSR count). The highest BCUT2D eigenvalue weighted by Crippen LogP contribution is 2.75. The molecule has 0 spiro atoms. The van der Waals surface area contributed by atoms with E-state index in [-0.39, 0.29) is 17.5 Å². The first-order valence-corrected chi connectivity index (χ1v) is 15.4. The first kappa shape index (κ1) is 27.5. The van der Waals surface area contributed by atoms with Crippen molar-refractivity contribution in [3.8, 4) is 0 Å². The number of carbonyl (C=O) groups excluding carboxylic acids is 1. The minimum atomic E-state index is -0.0750. The summed E-state index contributed by atoms with van der Waals surface area (Å²) >= 11 is 0. The minimum Gasteiger partial charge on any atom is -0.462 e. The average molecular weight is 487 g/mol. The van der Waals surface area contributed by atoms with Crippen molar-refractivity contribution in [3.63, 3.8) is 0 Å². The summed E-state index contributed by atoms with van der Waals surface area (Å²) in [5, 5.41) is 0. The molecule has 2 nitrogen and oxygen atoms in total. The molecule has 0 heterocycles. The van der Waals surface area contributed by atoms with Crippen LogP contribution in [-0.4, -0.2) is 12.1 Å². The molecule has 4 aliphatic carbocycles. The van der Waals surface area contributed by atoms with Crippen LogP contribution < -0.4 is 0 Å². The summed E-state index contributed by atoms with van der Waals surface area (Å²) in [6, 6.07) is 0. The van der Waals surface area contributed by atoms with E-state index in [1.165, 1.54) is 57.8 Å². The van der Waals surface area contributed by atoms with E-state index >= 15 is 0 Å². The Morgan fingerprint density at radius 1 is 0.800 bits per heavy atom. The zero-order valence-corrected chi connectivity index (χ0v) is 25.0. The van der Waals surface area contributed by atoms with Gasteiger partial charge >= 0.3 is 5.97 Å². The van der Waals surface area contributed by atoms with E-state index in [0.29, 0.717) is 28.1 Å². The van der Waals surface area contributed by atoms with Crippen molar-refractivity contribution in [3.05, 3.63) is 0 Å². The molecule has 0 bridgehead atoms. The summed E-state index contributed by atoms with van der Waals surface area (Å²) in [6.07, 6.45) is 13.4. The van der Waals surface area contributed by atoms with Gasteiger partial charge in [0, 0.05) is 12.3 Å². The molecule has 2 heteroatoms. The zero-order chi connectivity index (χ0) is 26.0. The van der Waals surface area contributed by atoms with Crippen molar-refractivity contribution in [1.29, 1.82) is 0 Å². The normalized spacial score (nSPS) is 46.3. The molecule has 0 radical (unpaired) electrons. The molecule has 35 heavy (non-hydrogen) atoms. The van der Waals surface area contributed by atoms with E-state index < -0.39 is 0 Å². The van der Waals surface area contributed by atoms with Crippen molar-refractivity contribution in [1.82, 2.24) is 0 Å². The summed E-state index contributed by atoms with van der Waals surface area (Å²) in [5.74, 6) is 5.38. The fraction of sp³-hybridized carbons (Fsp3) is 0.970. The number of hydrogen-bond donors (Lipinski definition) is 0. The van der Waals surface area contributed by atoms with Crippen molar-refractivity contribution in [2.75, 3.05) is 0 Å². The standard InChI is InChI=1S/C33H58O2/c1-21(2)22(3)11-12-23(4)25-15-19-32(9)26-13-14-28-30(6,7)18-17-29(35-24(5)34)33(28,10)27(26)16-20-31(25,32)8/h21-23,25-29H,11-20H2,1-10H3/t22?,23-,25-,26-,27+,28+,29?,31-,32+,33-/m1/s1. The van der Waals surface area contributed by atoms with Gasteiger partial charge in [0.2, 0.25) is 0 Å². The zero-order valence-electron chi connectivity index (χ0n) is 25.0. The van der Waals surface area contributed by atoms with Crippen molar-refractivity contribution >= 4 is 5.97 Å². The highest BCUT2D eigenvalue weighted by atomic mass is 16.5. The molecular weight excluding hydrogens is 428 g/mol. The van der Waals surface area contributed by atoms with Crippen LogP contribution in [0.2, 0.25) is 0 Å². The Labute approximate surface area is 218 Å². The summed E-state index contributed by atoms with van der Waals surface area (Å²) in [6.45, 7) is 24.4. The second-order valence-corrected chi connectivity index (χ2v) is 15.6. The predicted octanol–water partition coefficient (Wildman–Crippen LogP) is 9.31. The van der Waals surface area contributed by atoms with Gasteiger partial charge in [-0.1, -0.05) is 75.2 Å². The largest absolute Gasteiger partial charge is 0.462 e. The van der Waals surface area contributed by atoms with E-state index in [2.05, 4.69) is 62.3 Å². The Bertz CT molecular complexity index is 784. The van der Waals surface area contributed by atoms with Gasteiger partial charge < -0.3 is 4.74 Å². The maximum absolute atomic E-state index is 12.2. The van der Waals surface area contributed by atoms with Crippen LogP contribution in [0.25, 0.3) is 0 Å². The number of ether oxygens (including phenoxy) is 1. The summed E-state index contributed by atoms with van der Waals surface area (Å²) in [5.41, 5.74) is 1.35. The highest BCUT2D eigenvalue weighted by molar-refractivity contribution is 5.66. The maximum atomic E-state index is 12.2. The van der Waals surface area contributed by atoms with Gasteiger partial charge in [-0.3, -0.25) is 4.79 Å². The fourth-order valence-corrected chi connectivity index (χ4v) is 10.9. The molecule has 4 aliphatic rings. The second-order valence-electron chi connectivity index (χ2n) is 15.6. The minimum absolute atomic E-state index is 0.0750. The maximum Gasteiger partial charge on any atom is 0.302 e. The number of hydrogen-bond acceptors (Lipinski definition) is 2. The molecule has 202 valence electrons. The van der Waals surface area contributed by atoms with Crippen LogP contribution in [0.1, 0.15) is 133 Å². The van der Waals surface area contributed by atoms with Gasteiger partial charge in [-0.25, -0.2) is 0 Å². The van der Waals surface area contributed by atoms with Gasteiger partial charge in [0.05, 0.1) is 0 Å². The summed E-state index contributed by atoms with van der Waals surface area (Å²) in [4.78, 5) is 12.2. The van der Waals surface area contributed by atoms with E-state index in [0.717, 1.165) is 36.0 Å². The Morgan fingerprint density at radius 2 is 1.46 bits per heavy atom. The first-order valence-electron chi connectivity index (χ1n) is 15.4. The number of fused-ring (bicyclic) bond motifs is 5. The Balaban J connectivity index is 1.61. The molecule has 2 unspecified atom stereocenters. The lowest BCUT2D eigenvalue weighted by Gasteiger charge is -2.68. The Hall–Kier alpha value is -0.530. The van der Waals surface area contributed by atoms with E-state index in [9.17, 15) is 4.79 Å². The van der Waals surface area contributed by atoms with Crippen molar-refractivity contribution in [2.24, 2.45) is 63.1 Å². The van der Waals surface area contributed by atoms with Gasteiger partial charge in [-0.2, -0.15) is 0 Å². The lowest BCUT2D eigenvalue weighted by Crippen LogP contribution is -2.64. The number of carbonyl (C=O) groups is 1. The third-order valence-corrected chi connectivity index (χ3v) is 13.6. The van der Waals surface area contributed by atoms with Crippen molar-refractivity contribution in [2.45, 2.75) is 140 Å². The molecular formula is C33H58O2. The average Bonchev–Trinajstić information content (AvgIpc) is 3.05. The quantitative estimate of drug-likeness (QED) is 0.350.